The molecule has 1 aromatic rings. The summed E-state index contributed by atoms with van der Waals surface area (Å²) in [6.45, 7) is 6.54. The van der Waals surface area contributed by atoms with Gasteiger partial charge in [-0.2, -0.15) is 0 Å². The van der Waals surface area contributed by atoms with Crippen LogP contribution in [0.25, 0.3) is 0 Å². The predicted molar refractivity (Wildman–Crippen MR) is 88.2 cm³/mol. The van der Waals surface area contributed by atoms with Crippen LogP contribution in [0.3, 0.4) is 0 Å². The van der Waals surface area contributed by atoms with E-state index in [1.807, 2.05) is 12.1 Å². The zero-order valence-electron chi connectivity index (χ0n) is 12.2. The van der Waals surface area contributed by atoms with E-state index in [1.165, 1.54) is 37.7 Å². The van der Waals surface area contributed by atoms with Crippen molar-refractivity contribution in [3.63, 3.8) is 0 Å². The van der Waals surface area contributed by atoms with Gasteiger partial charge in [0.1, 0.15) is 0 Å². The maximum Gasteiger partial charge on any atom is 0.0370 e. The van der Waals surface area contributed by atoms with Crippen LogP contribution >= 0.6 is 15.9 Å². The van der Waals surface area contributed by atoms with Gasteiger partial charge in [-0.15, -0.1) is 0 Å². The molecule has 108 valence electrons. The van der Waals surface area contributed by atoms with Gasteiger partial charge in [0, 0.05) is 16.7 Å². The number of nitrogens with two attached hydrogens (primary N) is 1. The SMILES string of the molecule is CC(C)CCCCCCNCc1ccc(Br)cc1N. The first kappa shape index (κ1) is 16.5. The summed E-state index contributed by atoms with van der Waals surface area (Å²) in [5, 5.41) is 3.47. The van der Waals surface area contributed by atoms with Gasteiger partial charge in [-0.05, 0) is 36.6 Å². The number of nitrogen functional groups attached to an aromatic ring is 1. The number of benzene rings is 1. The summed E-state index contributed by atoms with van der Waals surface area (Å²) in [6, 6.07) is 6.08. The minimum absolute atomic E-state index is 0.846. The van der Waals surface area contributed by atoms with Gasteiger partial charge in [-0.25, -0.2) is 0 Å². The van der Waals surface area contributed by atoms with Crippen molar-refractivity contribution in [3.05, 3.63) is 28.2 Å². The zero-order chi connectivity index (χ0) is 14.1. The molecular formula is C16H27BrN2. The first-order valence-electron chi connectivity index (χ1n) is 7.34. The molecule has 0 aliphatic carbocycles. The molecule has 0 radical (unpaired) electrons. The molecule has 0 saturated carbocycles. The van der Waals surface area contributed by atoms with Crippen molar-refractivity contribution in [2.45, 2.75) is 52.5 Å². The highest BCUT2D eigenvalue weighted by Gasteiger charge is 1.99. The summed E-state index contributed by atoms with van der Waals surface area (Å²) in [6.07, 6.45) is 6.69. The fourth-order valence-corrected chi connectivity index (χ4v) is 2.48. The maximum absolute atomic E-state index is 5.96. The highest BCUT2D eigenvalue weighted by molar-refractivity contribution is 9.10. The lowest BCUT2D eigenvalue weighted by Crippen LogP contribution is -2.15. The molecule has 0 fully saturated rings. The van der Waals surface area contributed by atoms with Crippen LogP contribution in [0.15, 0.2) is 22.7 Å². The number of unbranched alkanes of at least 4 members (excludes halogenated alkanes) is 3. The molecule has 3 N–H and O–H groups in total. The highest BCUT2D eigenvalue weighted by Crippen LogP contribution is 2.18. The van der Waals surface area contributed by atoms with Crippen molar-refractivity contribution in [3.8, 4) is 0 Å². The van der Waals surface area contributed by atoms with Crippen LogP contribution in [-0.2, 0) is 6.54 Å². The average Bonchev–Trinajstić information content (AvgIpc) is 2.34. The van der Waals surface area contributed by atoms with E-state index in [0.29, 0.717) is 0 Å². The van der Waals surface area contributed by atoms with Crippen molar-refractivity contribution in [2.75, 3.05) is 12.3 Å². The summed E-state index contributed by atoms with van der Waals surface area (Å²) in [5.74, 6) is 0.846. The number of nitrogens with one attached hydrogen (secondary N) is 1. The Morgan fingerprint density at radius 2 is 1.89 bits per heavy atom. The maximum atomic E-state index is 5.96. The van der Waals surface area contributed by atoms with Crippen LogP contribution in [0, 0.1) is 5.92 Å². The van der Waals surface area contributed by atoms with Crippen LogP contribution in [-0.4, -0.2) is 6.54 Å². The van der Waals surface area contributed by atoms with Crippen molar-refractivity contribution in [1.29, 1.82) is 0 Å². The molecule has 0 aliphatic rings. The van der Waals surface area contributed by atoms with Gasteiger partial charge in [0.15, 0.2) is 0 Å². The Balaban J connectivity index is 2.04. The molecule has 0 unspecified atom stereocenters. The molecule has 0 spiro atoms. The molecular weight excluding hydrogens is 300 g/mol. The summed E-state index contributed by atoms with van der Waals surface area (Å²) in [7, 11) is 0. The van der Waals surface area contributed by atoms with E-state index in [1.54, 1.807) is 0 Å². The van der Waals surface area contributed by atoms with E-state index >= 15 is 0 Å². The molecule has 0 bridgehead atoms. The Labute approximate surface area is 126 Å². The Morgan fingerprint density at radius 3 is 2.58 bits per heavy atom. The normalized spacial score (nSPS) is 11.2. The smallest absolute Gasteiger partial charge is 0.0370 e. The van der Waals surface area contributed by atoms with Crippen LogP contribution in [0.4, 0.5) is 5.69 Å². The molecule has 1 aromatic carbocycles. The number of hydrogen-bond donors (Lipinski definition) is 2. The topological polar surface area (TPSA) is 38.0 Å². The summed E-state index contributed by atoms with van der Waals surface area (Å²) >= 11 is 3.42. The van der Waals surface area contributed by atoms with Crippen LogP contribution < -0.4 is 11.1 Å². The lowest BCUT2D eigenvalue weighted by Gasteiger charge is -2.08. The third kappa shape index (κ3) is 7.58. The largest absolute Gasteiger partial charge is 0.398 e. The van der Waals surface area contributed by atoms with Gasteiger partial charge in [-0.1, -0.05) is 61.5 Å². The minimum atomic E-state index is 0.846. The summed E-state index contributed by atoms with van der Waals surface area (Å²) < 4.78 is 1.04. The van der Waals surface area contributed by atoms with Crippen molar-refractivity contribution in [1.82, 2.24) is 5.32 Å². The Hall–Kier alpha value is -0.540. The molecule has 0 saturated heterocycles. The third-order valence-electron chi connectivity index (χ3n) is 3.31. The fourth-order valence-electron chi connectivity index (χ4n) is 2.11. The molecule has 0 heterocycles. The predicted octanol–water partition coefficient (Wildman–Crippen LogP) is 4.73. The van der Waals surface area contributed by atoms with E-state index in [4.69, 9.17) is 5.73 Å². The van der Waals surface area contributed by atoms with Gasteiger partial charge < -0.3 is 11.1 Å². The number of hydrogen-bond acceptors (Lipinski definition) is 2. The summed E-state index contributed by atoms with van der Waals surface area (Å²) in [5.41, 5.74) is 8.00. The molecule has 0 aliphatic heterocycles. The quantitative estimate of drug-likeness (QED) is 0.508. The lowest BCUT2D eigenvalue weighted by atomic mass is 10.0. The van der Waals surface area contributed by atoms with Gasteiger partial charge >= 0.3 is 0 Å². The monoisotopic (exact) mass is 326 g/mol. The molecule has 2 nitrogen and oxygen atoms in total. The zero-order valence-corrected chi connectivity index (χ0v) is 13.8. The molecule has 1 rings (SSSR count). The Kier molecular flexibility index (Phi) is 8.15. The van der Waals surface area contributed by atoms with Gasteiger partial charge in [0.2, 0.25) is 0 Å². The van der Waals surface area contributed by atoms with Crippen molar-refractivity contribution >= 4 is 21.6 Å². The second-order valence-corrected chi connectivity index (χ2v) is 6.53. The lowest BCUT2D eigenvalue weighted by molar-refractivity contribution is 0.512. The van der Waals surface area contributed by atoms with E-state index in [-0.39, 0.29) is 0 Å². The third-order valence-corrected chi connectivity index (χ3v) is 3.80. The second-order valence-electron chi connectivity index (χ2n) is 5.62. The van der Waals surface area contributed by atoms with Crippen molar-refractivity contribution < 1.29 is 0 Å². The van der Waals surface area contributed by atoms with Gasteiger partial charge in [-0.3, -0.25) is 0 Å². The number of anilines is 1. The van der Waals surface area contributed by atoms with E-state index < -0.39 is 0 Å². The van der Waals surface area contributed by atoms with Gasteiger partial charge in [0.25, 0.3) is 0 Å². The molecule has 0 aromatic heterocycles. The van der Waals surface area contributed by atoms with Crippen LogP contribution in [0.2, 0.25) is 0 Å². The fraction of sp³-hybridized carbons (Fsp3) is 0.625. The van der Waals surface area contributed by atoms with E-state index in [9.17, 15) is 0 Å². The Morgan fingerprint density at radius 1 is 1.16 bits per heavy atom. The summed E-state index contributed by atoms with van der Waals surface area (Å²) in [4.78, 5) is 0. The highest BCUT2D eigenvalue weighted by atomic mass is 79.9. The van der Waals surface area contributed by atoms with Crippen LogP contribution in [0.5, 0.6) is 0 Å². The second kappa shape index (κ2) is 9.38. The van der Waals surface area contributed by atoms with Gasteiger partial charge in [0.05, 0.1) is 0 Å². The van der Waals surface area contributed by atoms with E-state index in [2.05, 4.69) is 41.2 Å². The minimum Gasteiger partial charge on any atom is -0.398 e. The first-order valence-corrected chi connectivity index (χ1v) is 8.13. The van der Waals surface area contributed by atoms with Crippen LogP contribution in [0.1, 0.15) is 51.5 Å². The van der Waals surface area contributed by atoms with E-state index in [0.717, 1.165) is 29.2 Å². The first-order chi connectivity index (χ1) is 9.09. The standard InChI is InChI=1S/C16H27BrN2/c1-13(2)7-5-3-4-6-10-19-12-14-8-9-15(17)11-16(14)18/h8-9,11,13,19H,3-7,10,12,18H2,1-2H3. The number of halogens is 1. The molecule has 0 amide bonds. The molecule has 19 heavy (non-hydrogen) atoms. The average molecular weight is 327 g/mol. The molecule has 3 heteroatoms. The number of rotatable bonds is 9. The van der Waals surface area contributed by atoms with Crippen molar-refractivity contribution in [2.24, 2.45) is 5.92 Å². The Bertz CT molecular complexity index is 364. The molecule has 0 atom stereocenters.